The van der Waals surface area contributed by atoms with E-state index in [0.717, 1.165) is 0 Å². The van der Waals surface area contributed by atoms with Gasteiger partial charge in [0.2, 0.25) is 5.88 Å². The van der Waals surface area contributed by atoms with Gasteiger partial charge in [-0.25, -0.2) is 9.78 Å². The number of carbonyl (C=O) groups excluding carboxylic acids is 1. The lowest BCUT2D eigenvalue weighted by atomic mass is 10.2. The molecule has 140 valence electrons. The first kappa shape index (κ1) is 18.8. The molecule has 2 heterocycles. The minimum Gasteiger partial charge on any atom is -0.437 e. The molecule has 0 aliphatic heterocycles. The zero-order chi connectivity index (χ0) is 19.1. The number of amides is 2. The van der Waals surface area contributed by atoms with E-state index in [4.69, 9.17) is 4.74 Å². The molecule has 2 aromatic heterocycles. The van der Waals surface area contributed by atoms with Gasteiger partial charge in [-0.1, -0.05) is 12.1 Å². The second kappa shape index (κ2) is 9.11. The Kier molecular flexibility index (Phi) is 6.35. The molecule has 0 bridgehead atoms. The maximum absolute atomic E-state index is 12.3. The summed E-state index contributed by atoms with van der Waals surface area (Å²) >= 11 is 1.68. The first-order valence-electron chi connectivity index (χ1n) is 8.40. The molecule has 7 nitrogen and oxygen atoms in total. The molecule has 1 aromatic carbocycles. The molecule has 0 fully saturated rings. The number of rotatable bonds is 7. The van der Waals surface area contributed by atoms with Crippen LogP contribution < -0.4 is 15.4 Å². The number of ether oxygens (including phenoxy) is 1. The van der Waals surface area contributed by atoms with Crippen molar-refractivity contribution in [3.8, 4) is 11.6 Å². The topological polar surface area (TPSA) is 79.4 Å². The number of aromatic nitrogens is 2. The predicted molar refractivity (Wildman–Crippen MR) is 106 cm³/mol. The van der Waals surface area contributed by atoms with Crippen LogP contribution >= 0.6 is 11.3 Å². The molecular formula is C19H21N5O2S. The highest BCUT2D eigenvalue weighted by Gasteiger charge is 2.16. The van der Waals surface area contributed by atoms with Crippen LogP contribution in [0.4, 0.5) is 10.5 Å². The Bertz CT molecular complexity index is 856. The molecule has 27 heavy (non-hydrogen) atoms. The lowest BCUT2D eigenvalue weighted by molar-refractivity contribution is 0.244. The average molecular weight is 383 g/mol. The van der Waals surface area contributed by atoms with Crippen molar-refractivity contribution in [1.29, 1.82) is 0 Å². The van der Waals surface area contributed by atoms with E-state index in [-0.39, 0.29) is 12.1 Å². The summed E-state index contributed by atoms with van der Waals surface area (Å²) in [6.07, 6.45) is 4.66. The molecule has 0 aliphatic carbocycles. The summed E-state index contributed by atoms with van der Waals surface area (Å²) in [7, 11) is 3.99. The van der Waals surface area contributed by atoms with Gasteiger partial charge >= 0.3 is 6.03 Å². The van der Waals surface area contributed by atoms with Crippen LogP contribution in [-0.4, -0.2) is 41.5 Å². The van der Waals surface area contributed by atoms with Crippen LogP contribution in [0.3, 0.4) is 0 Å². The number of anilines is 1. The zero-order valence-corrected chi connectivity index (χ0v) is 15.9. The lowest BCUT2D eigenvalue weighted by Gasteiger charge is -2.23. The zero-order valence-electron chi connectivity index (χ0n) is 15.1. The Morgan fingerprint density at radius 2 is 2.15 bits per heavy atom. The summed E-state index contributed by atoms with van der Waals surface area (Å²) in [5, 5.41) is 7.78. The number of likely N-dealkylation sites (N-methyl/N-ethyl adjacent to an activating group) is 1. The highest BCUT2D eigenvalue weighted by Crippen LogP contribution is 2.23. The van der Waals surface area contributed by atoms with Crippen LogP contribution in [0.2, 0.25) is 0 Å². The smallest absolute Gasteiger partial charge is 0.319 e. The van der Waals surface area contributed by atoms with Crippen molar-refractivity contribution in [2.75, 3.05) is 26.0 Å². The minimum absolute atomic E-state index is 0.127. The van der Waals surface area contributed by atoms with Crippen molar-refractivity contribution < 1.29 is 9.53 Å². The normalized spacial score (nSPS) is 11.8. The molecule has 0 radical (unpaired) electrons. The molecule has 2 amide bonds. The standard InChI is InChI=1S/C19H21N5O2S/c1-24(2)16(17-7-4-10-27-17)12-22-19(25)23-14-5-3-6-15(11-14)26-18-13-20-8-9-21-18/h3-11,13,16H,12H2,1-2H3,(H2,22,23,25)/t16-/m0/s1. The number of nitrogens with zero attached hydrogens (tertiary/aromatic N) is 3. The van der Waals surface area contributed by atoms with E-state index < -0.39 is 0 Å². The molecule has 3 aromatic rings. The SMILES string of the molecule is CN(C)[C@@H](CNC(=O)Nc1cccc(Oc2cnccn2)c1)c1cccs1. The number of thiophene rings is 1. The number of hydrogen-bond donors (Lipinski definition) is 2. The van der Waals surface area contributed by atoms with Crippen molar-refractivity contribution in [2.24, 2.45) is 0 Å². The van der Waals surface area contributed by atoms with Crippen LogP contribution in [0.5, 0.6) is 11.6 Å². The number of benzene rings is 1. The van der Waals surface area contributed by atoms with Crippen molar-refractivity contribution in [2.45, 2.75) is 6.04 Å². The fourth-order valence-electron chi connectivity index (χ4n) is 2.48. The molecule has 0 saturated carbocycles. The van der Waals surface area contributed by atoms with Crippen molar-refractivity contribution >= 4 is 23.1 Å². The van der Waals surface area contributed by atoms with Gasteiger partial charge in [0.15, 0.2) is 0 Å². The average Bonchev–Trinajstić information content (AvgIpc) is 3.17. The van der Waals surface area contributed by atoms with Gasteiger partial charge in [-0.2, -0.15) is 0 Å². The van der Waals surface area contributed by atoms with Gasteiger partial charge in [0, 0.05) is 35.6 Å². The fraction of sp³-hybridized carbons (Fsp3) is 0.211. The predicted octanol–water partition coefficient (Wildman–Crippen LogP) is 3.75. The first-order valence-corrected chi connectivity index (χ1v) is 9.28. The second-order valence-electron chi connectivity index (χ2n) is 6.00. The third kappa shape index (κ3) is 5.50. The summed E-state index contributed by atoms with van der Waals surface area (Å²) in [6.45, 7) is 0.509. The van der Waals surface area contributed by atoms with Gasteiger partial charge in [0.25, 0.3) is 0 Å². The van der Waals surface area contributed by atoms with E-state index >= 15 is 0 Å². The lowest BCUT2D eigenvalue weighted by Crippen LogP contribution is -2.36. The Morgan fingerprint density at radius 3 is 2.85 bits per heavy atom. The van der Waals surface area contributed by atoms with Crippen LogP contribution in [0, 0.1) is 0 Å². The number of hydrogen-bond acceptors (Lipinski definition) is 6. The van der Waals surface area contributed by atoms with Crippen LogP contribution in [0.15, 0.2) is 60.4 Å². The highest BCUT2D eigenvalue weighted by atomic mass is 32.1. The summed E-state index contributed by atoms with van der Waals surface area (Å²) < 4.78 is 5.63. The maximum Gasteiger partial charge on any atom is 0.319 e. The van der Waals surface area contributed by atoms with Gasteiger partial charge in [-0.05, 0) is 37.7 Å². The molecular weight excluding hydrogens is 362 g/mol. The molecule has 0 spiro atoms. The fourth-order valence-corrected chi connectivity index (χ4v) is 3.40. The summed E-state index contributed by atoms with van der Waals surface area (Å²) in [5.41, 5.74) is 0.631. The van der Waals surface area contributed by atoms with Crippen LogP contribution in [0.1, 0.15) is 10.9 Å². The van der Waals surface area contributed by atoms with Gasteiger partial charge in [0.1, 0.15) is 5.75 Å². The number of carbonyl (C=O) groups is 1. The molecule has 0 unspecified atom stereocenters. The van der Waals surface area contributed by atoms with E-state index in [0.29, 0.717) is 23.9 Å². The summed E-state index contributed by atoms with van der Waals surface area (Å²) in [4.78, 5) is 23.6. The minimum atomic E-state index is -0.268. The van der Waals surface area contributed by atoms with Crippen LogP contribution in [-0.2, 0) is 0 Å². The molecule has 1 atom stereocenters. The molecule has 8 heteroatoms. The molecule has 3 rings (SSSR count). The largest absolute Gasteiger partial charge is 0.437 e. The molecule has 0 aliphatic rings. The first-order chi connectivity index (χ1) is 13.1. The second-order valence-corrected chi connectivity index (χ2v) is 6.98. The van der Waals surface area contributed by atoms with Crippen molar-refractivity contribution in [3.05, 3.63) is 65.2 Å². The van der Waals surface area contributed by atoms with E-state index in [1.807, 2.05) is 25.5 Å². The third-order valence-electron chi connectivity index (χ3n) is 3.80. The van der Waals surface area contributed by atoms with Crippen LogP contribution in [0.25, 0.3) is 0 Å². The number of nitrogens with one attached hydrogen (secondary N) is 2. The molecule has 2 N–H and O–H groups in total. The molecule has 0 saturated heterocycles. The van der Waals surface area contributed by atoms with Gasteiger partial charge in [-0.15, -0.1) is 11.3 Å². The van der Waals surface area contributed by atoms with Crippen molar-refractivity contribution in [3.63, 3.8) is 0 Å². The maximum atomic E-state index is 12.3. The Labute approximate surface area is 162 Å². The van der Waals surface area contributed by atoms with E-state index in [9.17, 15) is 4.79 Å². The highest BCUT2D eigenvalue weighted by molar-refractivity contribution is 7.10. The Hall–Kier alpha value is -2.97. The Morgan fingerprint density at radius 1 is 1.26 bits per heavy atom. The van der Waals surface area contributed by atoms with E-state index in [1.54, 1.807) is 48.0 Å². The number of urea groups is 1. The summed E-state index contributed by atoms with van der Waals surface area (Å²) in [5.74, 6) is 0.960. The summed E-state index contributed by atoms with van der Waals surface area (Å²) in [6, 6.07) is 11.1. The van der Waals surface area contributed by atoms with Gasteiger partial charge < -0.3 is 20.3 Å². The van der Waals surface area contributed by atoms with Gasteiger partial charge in [-0.3, -0.25) is 4.98 Å². The monoisotopic (exact) mass is 383 g/mol. The third-order valence-corrected chi connectivity index (χ3v) is 4.78. The van der Waals surface area contributed by atoms with E-state index in [2.05, 4.69) is 31.6 Å². The van der Waals surface area contributed by atoms with Crippen molar-refractivity contribution in [1.82, 2.24) is 20.2 Å². The van der Waals surface area contributed by atoms with E-state index in [1.165, 1.54) is 11.1 Å². The Balaban J connectivity index is 1.57. The van der Waals surface area contributed by atoms with Gasteiger partial charge in [0.05, 0.1) is 12.2 Å². The quantitative estimate of drug-likeness (QED) is 0.649.